The average Bonchev–Trinajstić information content (AvgIpc) is 1.98. The van der Waals surface area contributed by atoms with Crippen LogP contribution in [0.1, 0.15) is 133 Å². The molecule has 5 aliphatic heterocycles. The summed E-state index contributed by atoms with van der Waals surface area (Å²) in [6, 6.07) is 15.7. The fraction of sp³-hybridized carbons (Fsp3) is 0.785. The van der Waals surface area contributed by atoms with Gasteiger partial charge in [0.05, 0.1) is 58.0 Å². The van der Waals surface area contributed by atoms with Crippen LogP contribution < -0.4 is 0 Å². The second-order valence-electron chi connectivity index (χ2n) is 26.7. The molecule has 1 saturated carbocycles. The average molecular weight is 1470 g/mol. The van der Waals surface area contributed by atoms with Crippen LogP contribution in [0.25, 0.3) is 0 Å². The molecule has 0 spiro atoms. The SMILES string of the molecule is C=C(C)CN(C)CC.CCN(C)C1CC1.CCN(C)CCOC.CCN(C)Cc1ccccn1.CCN(C)Cc1cccnc1.CCN(C)Cc1ccncc1.CCN1CCC(CO)C1.CCN1CCOC(C)C1.CCN1CCOC(Cl)C1.CCN1CCOCC1C.CCN1CCOCC1Cl. The van der Waals surface area contributed by atoms with Gasteiger partial charge in [-0.25, -0.2) is 0 Å². The van der Waals surface area contributed by atoms with Crippen molar-refractivity contribution in [3.8, 4) is 0 Å². The Labute approximate surface area is 630 Å². The summed E-state index contributed by atoms with van der Waals surface area (Å²) in [7, 11) is 14.4. The molecular formula is C79H154Cl2N14O6. The van der Waals surface area contributed by atoms with Crippen LogP contribution in [-0.4, -0.2) is 343 Å². The number of alkyl halides is 2. The Hall–Kier alpha value is -2.91. The number of methoxy groups -OCH3 is 1. The third-order valence-corrected chi connectivity index (χ3v) is 18.7. The number of aliphatic hydroxyl groups excluding tert-OH is 1. The van der Waals surface area contributed by atoms with Gasteiger partial charge >= 0.3 is 0 Å². The summed E-state index contributed by atoms with van der Waals surface area (Å²) in [4.78, 5) is 37.5. The number of nitrogens with zero attached hydrogens (tertiary/aromatic N) is 14. The van der Waals surface area contributed by atoms with E-state index in [1.165, 1.54) is 49.1 Å². The molecule has 1 N–H and O–H groups in total. The molecule has 5 unspecified atom stereocenters. The van der Waals surface area contributed by atoms with E-state index in [-0.39, 0.29) is 11.1 Å². The molecule has 3 aromatic heterocycles. The lowest BCUT2D eigenvalue weighted by Gasteiger charge is -2.31. The van der Waals surface area contributed by atoms with E-state index in [9.17, 15) is 0 Å². The summed E-state index contributed by atoms with van der Waals surface area (Å²) in [5.74, 6) is 0.560. The quantitative estimate of drug-likeness (QED) is 0.0516. The van der Waals surface area contributed by atoms with Gasteiger partial charge in [-0.2, -0.15) is 0 Å². The van der Waals surface area contributed by atoms with E-state index >= 15 is 0 Å². The van der Waals surface area contributed by atoms with Crippen molar-refractivity contribution in [3.05, 3.63) is 102 Å². The number of hydrogen-bond acceptors (Lipinski definition) is 20. The minimum absolute atomic E-state index is 0.0845. The lowest BCUT2D eigenvalue weighted by molar-refractivity contribution is -0.0162. The number of aliphatic hydroxyl groups is 1. The third-order valence-electron chi connectivity index (χ3n) is 18.0. The summed E-state index contributed by atoms with van der Waals surface area (Å²) >= 11 is 11.6. The Morgan fingerprint density at radius 2 is 1.12 bits per heavy atom. The van der Waals surface area contributed by atoms with Gasteiger partial charge in [-0.1, -0.05) is 112 Å². The Morgan fingerprint density at radius 1 is 0.564 bits per heavy atom. The second-order valence-corrected chi connectivity index (χ2v) is 27.7. The van der Waals surface area contributed by atoms with Crippen molar-refractivity contribution < 1.29 is 28.8 Å². The number of rotatable bonds is 24. The highest BCUT2D eigenvalue weighted by Crippen LogP contribution is 2.24. The molecule has 0 aromatic carbocycles. The number of likely N-dealkylation sites (tertiary alicyclic amines) is 1. The molecule has 0 amide bonds. The zero-order valence-electron chi connectivity index (χ0n) is 68.4. The van der Waals surface area contributed by atoms with Gasteiger partial charge in [0.2, 0.25) is 0 Å². The van der Waals surface area contributed by atoms with Gasteiger partial charge in [0.1, 0.15) is 11.1 Å². The highest BCUT2D eigenvalue weighted by atomic mass is 35.5. The van der Waals surface area contributed by atoms with Gasteiger partial charge in [0.25, 0.3) is 0 Å². The van der Waals surface area contributed by atoms with E-state index in [1.54, 1.807) is 13.3 Å². The van der Waals surface area contributed by atoms with Gasteiger partial charge in [0.15, 0.2) is 0 Å². The number of morpholine rings is 4. The summed E-state index contributed by atoms with van der Waals surface area (Å²) in [6.45, 7) is 65.8. The molecule has 6 fully saturated rings. The standard InChI is InChI=1S/3C9H14N2.3C7H15NO.C7H15N.2C6H12ClNO.C6H15NO.C6H13N/c1-3-11(2)8-9-4-6-10-7-5-9;1-3-11(2)8-9-5-4-6-10-7-9;1-3-11(2)8-9-6-4-5-7-10-9;1-3-8-4-5-9-6-7(8)2;1-3-8-4-5-9-7(2)6-8;1-2-8-4-3-7(5-8)6-9;1-5-8(4)6-7(2)3;1-2-8-3-4-9-5-6(8)7;1-2-8-3-4-9-6(7)5-8;1-4-7(2)5-6-8-3;1-3-7(2)6-4-5-6/h3*4-7H,3,8H2,1-2H3;2*7H,3-6H2,1-2H3;7,9H,2-6H2,1H3;2,5-6H2,1,3-4H3;2*6H,2-5H2,1H3;4-6H2,1-3H3;6H,3-5H2,1-2H3. The second kappa shape index (κ2) is 67.7. The molecule has 22 heteroatoms. The molecule has 5 atom stereocenters. The molecule has 1 aliphatic carbocycles. The number of hydrogen-bond donors (Lipinski definition) is 1. The molecule has 6 aliphatic rings. The molecule has 101 heavy (non-hydrogen) atoms. The first-order valence-electron chi connectivity index (χ1n) is 38.4. The number of pyridine rings is 3. The van der Waals surface area contributed by atoms with Crippen molar-refractivity contribution in [2.45, 2.75) is 165 Å². The minimum atomic E-state index is -0.0845. The first-order chi connectivity index (χ1) is 48.5. The van der Waals surface area contributed by atoms with Crippen LogP contribution in [0, 0.1) is 5.92 Å². The molecule has 590 valence electrons. The fourth-order valence-electron chi connectivity index (χ4n) is 10.1. The Kier molecular flexibility index (Phi) is 67.1. The smallest absolute Gasteiger partial charge is 0.143 e. The van der Waals surface area contributed by atoms with Crippen LogP contribution in [0.15, 0.2) is 85.6 Å². The van der Waals surface area contributed by atoms with E-state index in [1.807, 2.05) is 68.1 Å². The van der Waals surface area contributed by atoms with Crippen molar-refractivity contribution >= 4 is 23.2 Å². The maximum absolute atomic E-state index is 8.75. The highest BCUT2D eigenvalue weighted by Gasteiger charge is 2.24. The molecule has 8 heterocycles. The largest absolute Gasteiger partial charge is 0.396 e. The zero-order chi connectivity index (χ0) is 76.0. The van der Waals surface area contributed by atoms with Crippen LogP contribution in [0.5, 0.6) is 0 Å². The first kappa shape index (κ1) is 100. The summed E-state index contributed by atoms with van der Waals surface area (Å²) in [5.41, 5.74) is 4.98. The first-order valence-corrected chi connectivity index (χ1v) is 39.2. The van der Waals surface area contributed by atoms with Crippen LogP contribution in [0.3, 0.4) is 0 Å². The topological polar surface area (TPSA) is 141 Å². The van der Waals surface area contributed by atoms with E-state index in [4.69, 9.17) is 52.0 Å². The Bertz CT molecular complexity index is 2070. The van der Waals surface area contributed by atoms with Gasteiger partial charge in [-0.15, -0.1) is 11.6 Å². The van der Waals surface area contributed by atoms with Gasteiger partial charge in [0, 0.05) is 135 Å². The predicted molar refractivity (Wildman–Crippen MR) is 431 cm³/mol. The fourth-order valence-corrected chi connectivity index (χ4v) is 10.7. The van der Waals surface area contributed by atoms with Crippen molar-refractivity contribution in [3.63, 3.8) is 0 Å². The molecule has 20 nitrogen and oxygen atoms in total. The number of likely N-dealkylation sites (N-methyl/N-ethyl adjacent to an activating group) is 6. The number of ether oxygens (including phenoxy) is 5. The van der Waals surface area contributed by atoms with E-state index in [2.05, 4.69) is 214 Å². The number of halogens is 2. The molecular weight excluding hydrogens is 1310 g/mol. The Balaban J connectivity index is 0. The van der Waals surface area contributed by atoms with Crippen molar-refractivity contribution in [1.82, 2.24) is 68.9 Å². The normalized spacial score (nSPS) is 20.0. The van der Waals surface area contributed by atoms with E-state index in [0.717, 1.165) is 195 Å². The summed E-state index contributed by atoms with van der Waals surface area (Å²) in [6.07, 6.45) is 13.7. The lowest BCUT2D eigenvalue weighted by atomic mass is 10.1. The highest BCUT2D eigenvalue weighted by molar-refractivity contribution is 6.20. The minimum Gasteiger partial charge on any atom is -0.396 e. The predicted octanol–water partition coefficient (Wildman–Crippen LogP) is 11.4. The lowest BCUT2D eigenvalue weighted by Crippen LogP contribution is -2.43. The molecule has 3 aromatic rings. The van der Waals surface area contributed by atoms with Crippen LogP contribution in [-0.2, 0) is 43.3 Å². The van der Waals surface area contributed by atoms with Crippen LogP contribution in [0.2, 0.25) is 0 Å². The summed E-state index contributed by atoms with van der Waals surface area (Å²) < 4.78 is 25.8. The maximum Gasteiger partial charge on any atom is 0.143 e. The van der Waals surface area contributed by atoms with E-state index < -0.39 is 0 Å². The zero-order valence-corrected chi connectivity index (χ0v) is 69.9. The Morgan fingerprint density at radius 3 is 1.50 bits per heavy atom. The van der Waals surface area contributed by atoms with Gasteiger partial charge < -0.3 is 63.1 Å². The van der Waals surface area contributed by atoms with Gasteiger partial charge in [-0.05, 0) is 208 Å². The summed E-state index contributed by atoms with van der Waals surface area (Å²) in [5, 5.41) is 8.75. The van der Waals surface area contributed by atoms with Gasteiger partial charge in [-0.3, -0.25) is 34.6 Å². The molecule has 5 saturated heterocycles. The number of aromatic nitrogens is 3. The third kappa shape index (κ3) is 57.9. The molecule has 0 bridgehead atoms. The van der Waals surface area contributed by atoms with Crippen LogP contribution >= 0.6 is 23.2 Å². The van der Waals surface area contributed by atoms with Crippen LogP contribution in [0.4, 0.5) is 0 Å². The maximum atomic E-state index is 8.75. The van der Waals surface area contributed by atoms with Crippen molar-refractivity contribution in [1.29, 1.82) is 0 Å². The van der Waals surface area contributed by atoms with E-state index in [0.29, 0.717) is 31.3 Å². The molecule has 0 radical (unpaired) electrons. The monoisotopic (exact) mass is 1470 g/mol. The van der Waals surface area contributed by atoms with Crippen molar-refractivity contribution in [2.75, 3.05) is 240 Å². The molecule has 9 rings (SSSR count). The van der Waals surface area contributed by atoms with Crippen molar-refractivity contribution in [2.24, 2.45) is 5.92 Å².